The lowest BCUT2D eigenvalue weighted by atomic mass is 10.1. The minimum absolute atomic E-state index is 0.0493. The molecule has 0 heterocycles. The maximum absolute atomic E-state index is 12.3. The van der Waals surface area contributed by atoms with E-state index >= 15 is 0 Å². The maximum atomic E-state index is 12.3. The molecule has 0 aromatic heterocycles. The molecule has 1 N–H and O–H groups in total. The first-order chi connectivity index (χ1) is 13.3. The zero-order valence-electron chi connectivity index (χ0n) is 14.6. The van der Waals surface area contributed by atoms with Gasteiger partial charge in [0.2, 0.25) is 0 Å². The van der Waals surface area contributed by atoms with E-state index in [1.54, 1.807) is 13.0 Å². The Kier molecular flexibility index (Phi) is 6.84. The Morgan fingerprint density at radius 3 is 2.54 bits per heavy atom. The molecule has 0 fully saturated rings. The molecular weight excluding hydrogens is 386 g/mol. The normalized spacial score (nSPS) is 10.7. The van der Waals surface area contributed by atoms with Crippen molar-refractivity contribution in [2.75, 3.05) is 11.9 Å². The molecule has 0 aliphatic heterocycles. The van der Waals surface area contributed by atoms with E-state index in [0.29, 0.717) is 11.3 Å². The van der Waals surface area contributed by atoms with Gasteiger partial charge >= 0.3 is 5.97 Å². The molecule has 9 heteroatoms. The highest BCUT2D eigenvalue weighted by molar-refractivity contribution is 6.32. The third kappa shape index (κ3) is 5.16. The number of anilines is 1. The van der Waals surface area contributed by atoms with Gasteiger partial charge in [-0.25, -0.2) is 4.79 Å². The highest BCUT2D eigenvalue weighted by atomic mass is 35.5. The Bertz CT molecular complexity index is 994. The van der Waals surface area contributed by atoms with Gasteiger partial charge in [-0.2, -0.15) is 5.26 Å². The zero-order chi connectivity index (χ0) is 20.7. The van der Waals surface area contributed by atoms with Crippen molar-refractivity contribution < 1.29 is 19.2 Å². The van der Waals surface area contributed by atoms with Crippen LogP contribution >= 0.6 is 11.6 Å². The predicted molar refractivity (Wildman–Crippen MR) is 103 cm³/mol. The first-order valence-electron chi connectivity index (χ1n) is 8.00. The van der Waals surface area contributed by atoms with Crippen molar-refractivity contribution in [3.05, 3.63) is 74.3 Å². The van der Waals surface area contributed by atoms with Gasteiger partial charge < -0.3 is 10.1 Å². The van der Waals surface area contributed by atoms with Crippen molar-refractivity contribution in [1.82, 2.24) is 0 Å². The van der Waals surface area contributed by atoms with Gasteiger partial charge in [-0.05, 0) is 48.9 Å². The number of nitro groups is 1. The molecule has 0 saturated heterocycles. The molecule has 2 aromatic rings. The Morgan fingerprint density at radius 2 is 1.96 bits per heavy atom. The van der Waals surface area contributed by atoms with Crippen LogP contribution in [0.3, 0.4) is 0 Å². The number of esters is 1. The number of carbonyl (C=O) groups excluding carboxylic acids is 2. The number of nitrogens with zero attached hydrogens (tertiary/aromatic N) is 2. The summed E-state index contributed by atoms with van der Waals surface area (Å²) in [5.74, 6) is -1.19. The molecule has 0 unspecified atom stereocenters. The van der Waals surface area contributed by atoms with Crippen LogP contribution in [0.4, 0.5) is 11.4 Å². The van der Waals surface area contributed by atoms with E-state index in [1.165, 1.54) is 48.5 Å². The lowest BCUT2D eigenvalue weighted by molar-refractivity contribution is -0.384. The molecule has 2 aromatic carbocycles. The highest BCUT2D eigenvalue weighted by Crippen LogP contribution is 2.26. The van der Waals surface area contributed by atoms with Gasteiger partial charge in [-0.3, -0.25) is 14.9 Å². The van der Waals surface area contributed by atoms with Crippen molar-refractivity contribution in [1.29, 1.82) is 5.26 Å². The van der Waals surface area contributed by atoms with E-state index in [4.69, 9.17) is 16.3 Å². The number of benzene rings is 2. The van der Waals surface area contributed by atoms with E-state index in [1.807, 2.05) is 0 Å². The molecule has 0 radical (unpaired) electrons. The molecule has 142 valence electrons. The van der Waals surface area contributed by atoms with Gasteiger partial charge in [0.1, 0.15) is 16.7 Å². The van der Waals surface area contributed by atoms with Crippen LogP contribution in [-0.4, -0.2) is 23.4 Å². The first kappa shape index (κ1) is 20.6. The van der Waals surface area contributed by atoms with E-state index in [-0.39, 0.29) is 28.5 Å². The van der Waals surface area contributed by atoms with Gasteiger partial charge in [0.05, 0.1) is 17.1 Å². The molecule has 2 rings (SSSR count). The summed E-state index contributed by atoms with van der Waals surface area (Å²) in [6.07, 6.45) is 1.21. The molecular formula is C19H14ClN3O5. The molecule has 1 amide bonds. The van der Waals surface area contributed by atoms with Crippen LogP contribution in [0, 0.1) is 21.4 Å². The minimum atomic E-state index is -0.705. The number of nitriles is 1. The largest absolute Gasteiger partial charge is 0.462 e. The van der Waals surface area contributed by atoms with Gasteiger partial charge in [0.25, 0.3) is 11.6 Å². The summed E-state index contributed by atoms with van der Waals surface area (Å²) in [5, 5.41) is 22.7. The molecule has 0 saturated carbocycles. The quantitative estimate of drug-likeness (QED) is 0.258. The molecule has 28 heavy (non-hydrogen) atoms. The van der Waals surface area contributed by atoms with Crippen LogP contribution in [0.2, 0.25) is 5.02 Å². The average Bonchev–Trinajstić information content (AvgIpc) is 2.67. The van der Waals surface area contributed by atoms with Crippen molar-refractivity contribution in [3.8, 4) is 6.07 Å². The van der Waals surface area contributed by atoms with Crippen LogP contribution in [0.5, 0.6) is 0 Å². The fourth-order valence-electron chi connectivity index (χ4n) is 2.18. The highest BCUT2D eigenvalue weighted by Gasteiger charge is 2.15. The van der Waals surface area contributed by atoms with Crippen LogP contribution in [0.25, 0.3) is 6.08 Å². The summed E-state index contributed by atoms with van der Waals surface area (Å²) in [6.45, 7) is 1.94. The molecule has 8 nitrogen and oxygen atoms in total. The minimum Gasteiger partial charge on any atom is -0.462 e. The van der Waals surface area contributed by atoms with Gasteiger partial charge in [-0.1, -0.05) is 17.7 Å². The number of amides is 1. The second kappa shape index (κ2) is 9.30. The number of ether oxygens (including phenoxy) is 1. The fourth-order valence-corrected chi connectivity index (χ4v) is 2.36. The molecule has 0 spiro atoms. The second-order valence-corrected chi connectivity index (χ2v) is 5.80. The third-order valence-corrected chi connectivity index (χ3v) is 3.82. The Hall–Kier alpha value is -3.70. The number of rotatable bonds is 6. The summed E-state index contributed by atoms with van der Waals surface area (Å²) in [6, 6.07) is 11.6. The zero-order valence-corrected chi connectivity index (χ0v) is 15.4. The van der Waals surface area contributed by atoms with Crippen molar-refractivity contribution in [3.63, 3.8) is 0 Å². The monoisotopic (exact) mass is 399 g/mol. The number of halogens is 1. The van der Waals surface area contributed by atoms with Crippen LogP contribution < -0.4 is 5.32 Å². The number of hydrogen-bond acceptors (Lipinski definition) is 6. The van der Waals surface area contributed by atoms with Gasteiger partial charge in [-0.15, -0.1) is 0 Å². The van der Waals surface area contributed by atoms with Gasteiger partial charge in [0.15, 0.2) is 0 Å². The lowest BCUT2D eigenvalue weighted by Gasteiger charge is -2.06. The first-order valence-corrected chi connectivity index (χ1v) is 8.37. The Morgan fingerprint density at radius 1 is 1.29 bits per heavy atom. The van der Waals surface area contributed by atoms with E-state index in [9.17, 15) is 25.0 Å². The van der Waals surface area contributed by atoms with Crippen LogP contribution in [-0.2, 0) is 9.53 Å². The third-order valence-electron chi connectivity index (χ3n) is 3.50. The molecule has 0 bridgehead atoms. The number of nitrogens with one attached hydrogen (secondary N) is 1. The number of nitro benzene ring substituents is 1. The van der Waals surface area contributed by atoms with E-state index in [0.717, 1.165) is 0 Å². The maximum Gasteiger partial charge on any atom is 0.338 e. The van der Waals surface area contributed by atoms with E-state index < -0.39 is 16.8 Å². The number of carbonyl (C=O) groups is 2. The standard InChI is InChI=1S/C19H14ClN3O5/c1-2-28-19(25)13-4-6-15(7-5-13)22-18(24)14(11-21)9-12-3-8-16(20)17(10-12)23(26)27/h3-10H,2H2,1H3,(H,22,24)/b14-9+. The summed E-state index contributed by atoms with van der Waals surface area (Å²) < 4.78 is 4.87. The van der Waals surface area contributed by atoms with Crippen molar-refractivity contribution >= 4 is 40.9 Å². The summed E-state index contributed by atoms with van der Waals surface area (Å²) in [4.78, 5) is 34.2. The second-order valence-electron chi connectivity index (χ2n) is 5.39. The van der Waals surface area contributed by atoms with E-state index in [2.05, 4.69) is 5.32 Å². The average molecular weight is 400 g/mol. The molecule has 0 aliphatic rings. The molecule has 0 aliphatic carbocycles. The van der Waals surface area contributed by atoms with Crippen molar-refractivity contribution in [2.45, 2.75) is 6.92 Å². The molecule has 0 atom stereocenters. The summed E-state index contributed by atoms with van der Waals surface area (Å²) >= 11 is 5.75. The summed E-state index contributed by atoms with van der Waals surface area (Å²) in [5.41, 5.74) is 0.375. The topological polar surface area (TPSA) is 122 Å². The Labute approximate surface area is 165 Å². The number of hydrogen-bond donors (Lipinski definition) is 1. The van der Waals surface area contributed by atoms with Crippen LogP contribution in [0.15, 0.2) is 48.0 Å². The van der Waals surface area contributed by atoms with Crippen LogP contribution in [0.1, 0.15) is 22.8 Å². The Balaban J connectivity index is 2.19. The van der Waals surface area contributed by atoms with Crippen molar-refractivity contribution in [2.24, 2.45) is 0 Å². The predicted octanol–water partition coefficient (Wildman–Crippen LogP) is 3.97. The smallest absolute Gasteiger partial charge is 0.338 e. The lowest BCUT2D eigenvalue weighted by Crippen LogP contribution is -2.13. The summed E-state index contributed by atoms with van der Waals surface area (Å²) in [7, 11) is 0. The van der Waals surface area contributed by atoms with Gasteiger partial charge in [0, 0.05) is 11.8 Å². The SMILES string of the molecule is CCOC(=O)c1ccc(NC(=O)/C(C#N)=C/c2ccc(Cl)c([N+](=O)[O-])c2)cc1. The fraction of sp³-hybridized carbons (Fsp3) is 0.105.